The molecular formula is C16H21N3O2S. The van der Waals surface area contributed by atoms with Gasteiger partial charge in [0.15, 0.2) is 0 Å². The maximum absolute atomic E-state index is 12.2. The second-order valence-electron chi connectivity index (χ2n) is 5.80. The highest BCUT2D eigenvalue weighted by Crippen LogP contribution is 2.31. The molecule has 0 aromatic heterocycles. The summed E-state index contributed by atoms with van der Waals surface area (Å²) in [6.45, 7) is 2.86. The van der Waals surface area contributed by atoms with Gasteiger partial charge in [0.25, 0.3) is 5.91 Å². The van der Waals surface area contributed by atoms with Crippen molar-refractivity contribution in [3.05, 3.63) is 23.8 Å². The Morgan fingerprint density at radius 3 is 3.14 bits per heavy atom. The number of fused-ring (bicyclic) bond motifs is 1. The molecule has 1 aromatic carbocycles. The number of piperidine rings is 1. The van der Waals surface area contributed by atoms with Gasteiger partial charge in [0, 0.05) is 17.0 Å². The fraction of sp³-hybridized carbons (Fsp3) is 0.500. The summed E-state index contributed by atoms with van der Waals surface area (Å²) in [5.74, 6) is 1.01. The first kappa shape index (κ1) is 15.4. The van der Waals surface area contributed by atoms with Crippen LogP contribution in [0.1, 0.15) is 29.6 Å². The van der Waals surface area contributed by atoms with Crippen molar-refractivity contribution in [3.63, 3.8) is 0 Å². The number of carbonyl (C=O) groups is 2. The Hall–Kier alpha value is -1.53. The SMILES string of the molecule is O=C1CSc2ccc(C(=O)NCCC3CCCNC3)cc2N1. The number of carbonyl (C=O) groups excluding carboxylic acids is 2. The number of anilines is 1. The van der Waals surface area contributed by atoms with Crippen LogP contribution < -0.4 is 16.0 Å². The molecule has 0 spiro atoms. The second-order valence-corrected chi connectivity index (χ2v) is 6.82. The Morgan fingerprint density at radius 2 is 2.32 bits per heavy atom. The van der Waals surface area contributed by atoms with E-state index in [0.717, 1.165) is 30.1 Å². The predicted octanol–water partition coefficient (Wildman–Crippen LogP) is 1.85. The molecule has 0 saturated carbocycles. The molecule has 0 aliphatic carbocycles. The predicted molar refractivity (Wildman–Crippen MR) is 88.3 cm³/mol. The first-order chi connectivity index (χ1) is 10.7. The van der Waals surface area contributed by atoms with Gasteiger partial charge in [-0.15, -0.1) is 11.8 Å². The van der Waals surface area contributed by atoms with E-state index in [0.29, 0.717) is 23.8 Å². The zero-order valence-corrected chi connectivity index (χ0v) is 13.3. The number of amides is 2. The molecule has 1 saturated heterocycles. The van der Waals surface area contributed by atoms with E-state index in [9.17, 15) is 9.59 Å². The van der Waals surface area contributed by atoms with Crippen LogP contribution in [0.2, 0.25) is 0 Å². The van der Waals surface area contributed by atoms with Gasteiger partial charge in [-0.25, -0.2) is 0 Å². The van der Waals surface area contributed by atoms with Crippen molar-refractivity contribution in [2.45, 2.75) is 24.2 Å². The Kier molecular flexibility index (Phi) is 5.00. The van der Waals surface area contributed by atoms with Crippen LogP contribution in [0.4, 0.5) is 5.69 Å². The molecule has 118 valence electrons. The summed E-state index contributed by atoms with van der Waals surface area (Å²) < 4.78 is 0. The highest BCUT2D eigenvalue weighted by Gasteiger charge is 2.17. The molecule has 3 N–H and O–H groups in total. The van der Waals surface area contributed by atoms with Crippen LogP contribution >= 0.6 is 11.8 Å². The number of benzene rings is 1. The third kappa shape index (κ3) is 3.81. The first-order valence-corrected chi connectivity index (χ1v) is 8.76. The standard InChI is InChI=1S/C16H21N3O2S/c20-15-10-22-14-4-3-12(8-13(14)19-15)16(21)18-7-5-11-2-1-6-17-9-11/h3-4,8,11,17H,1-2,5-7,9-10H2,(H,18,21)(H,19,20). The number of hydrogen-bond donors (Lipinski definition) is 3. The number of nitrogens with one attached hydrogen (secondary N) is 3. The van der Waals surface area contributed by atoms with Gasteiger partial charge in [0.05, 0.1) is 11.4 Å². The molecular weight excluding hydrogens is 298 g/mol. The summed E-state index contributed by atoms with van der Waals surface area (Å²) in [4.78, 5) is 24.6. The minimum Gasteiger partial charge on any atom is -0.352 e. The van der Waals surface area contributed by atoms with Gasteiger partial charge in [-0.05, 0) is 56.5 Å². The van der Waals surface area contributed by atoms with Crippen molar-refractivity contribution in [1.82, 2.24) is 10.6 Å². The first-order valence-electron chi connectivity index (χ1n) is 7.78. The summed E-state index contributed by atoms with van der Waals surface area (Å²) in [6, 6.07) is 5.48. The summed E-state index contributed by atoms with van der Waals surface area (Å²) in [5.41, 5.74) is 1.34. The van der Waals surface area contributed by atoms with Gasteiger partial charge < -0.3 is 16.0 Å². The number of rotatable bonds is 4. The highest BCUT2D eigenvalue weighted by molar-refractivity contribution is 8.00. The van der Waals surface area contributed by atoms with Crippen molar-refractivity contribution in [2.24, 2.45) is 5.92 Å². The molecule has 2 aliphatic rings. The molecule has 1 aromatic rings. The average Bonchev–Trinajstić information content (AvgIpc) is 2.55. The Balaban J connectivity index is 1.53. The molecule has 1 atom stereocenters. The molecule has 1 unspecified atom stereocenters. The van der Waals surface area contributed by atoms with Crippen LogP contribution in [0.5, 0.6) is 0 Å². The zero-order valence-electron chi connectivity index (χ0n) is 12.5. The van der Waals surface area contributed by atoms with Crippen molar-refractivity contribution in [1.29, 1.82) is 0 Å². The fourth-order valence-electron chi connectivity index (χ4n) is 2.89. The normalized spacial score (nSPS) is 20.9. The largest absolute Gasteiger partial charge is 0.352 e. The number of thioether (sulfide) groups is 1. The zero-order chi connectivity index (χ0) is 15.4. The van der Waals surface area contributed by atoms with Gasteiger partial charge in [-0.2, -0.15) is 0 Å². The maximum Gasteiger partial charge on any atom is 0.251 e. The Bertz CT molecular complexity index is 571. The van der Waals surface area contributed by atoms with E-state index in [1.165, 1.54) is 24.6 Å². The van der Waals surface area contributed by atoms with Crippen molar-refractivity contribution in [2.75, 3.05) is 30.7 Å². The molecule has 22 heavy (non-hydrogen) atoms. The topological polar surface area (TPSA) is 70.2 Å². The monoisotopic (exact) mass is 319 g/mol. The van der Waals surface area contributed by atoms with Gasteiger partial charge >= 0.3 is 0 Å². The quantitative estimate of drug-likeness (QED) is 0.792. The summed E-state index contributed by atoms with van der Waals surface area (Å²) in [6.07, 6.45) is 3.47. The minimum absolute atomic E-state index is 0.0140. The molecule has 5 nitrogen and oxygen atoms in total. The molecule has 2 aliphatic heterocycles. The highest BCUT2D eigenvalue weighted by atomic mass is 32.2. The van der Waals surface area contributed by atoms with E-state index >= 15 is 0 Å². The molecule has 6 heteroatoms. The molecule has 2 amide bonds. The van der Waals surface area contributed by atoms with Crippen LogP contribution in [0.25, 0.3) is 0 Å². The lowest BCUT2D eigenvalue weighted by Gasteiger charge is -2.22. The molecule has 0 bridgehead atoms. The fourth-order valence-corrected chi connectivity index (χ4v) is 3.68. The lowest BCUT2D eigenvalue weighted by Crippen LogP contribution is -2.33. The van der Waals surface area contributed by atoms with Crippen LogP contribution in [-0.4, -0.2) is 37.2 Å². The van der Waals surface area contributed by atoms with Gasteiger partial charge in [-0.3, -0.25) is 9.59 Å². The summed E-state index contributed by atoms with van der Waals surface area (Å²) in [5, 5.41) is 9.18. The van der Waals surface area contributed by atoms with E-state index in [4.69, 9.17) is 0 Å². The lowest BCUT2D eigenvalue weighted by molar-refractivity contribution is -0.113. The van der Waals surface area contributed by atoms with Crippen molar-refractivity contribution in [3.8, 4) is 0 Å². The van der Waals surface area contributed by atoms with Crippen LogP contribution in [0.3, 0.4) is 0 Å². The Labute approximate surface area is 134 Å². The smallest absolute Gasteiger partial charge is 0.251 e. The maximum atomic E-state index is 12.2. The van der Waals surface area contributed by atoms with E-state index < -0.39 is 0 Å². The van der Waals surface area contributed by atoms with Crippen LogP contribution in [0.15, 0.2) is 23.1 Å². The second kappa shape index (κ2) is 7.15. The van der Waals surface area contributed by atoms with Gasteiger partial charge in [-0.1, -0.05) is 0 Å². The summed E-state index contributed by atoms with van der Waals surface area (Å²) in [7, 11) is 0. The van der Waals surface area contributed by atoms with Crippen LogP contribution in [0, 0.1) is 5.92 Å². The van der Waals surface area contributed by atoms with Crippen molar-refractivity contribution < 1.29 is 9.59 Å². The minimum atomic E-state index is -0.0728. The van der Waals surface area contributed by atoms with E-state index in [1.807, 2.05) is 12.1 Å². The third-order valence-corrected chi connectivity index (χ3v) is 5.19. The molecule has 2 heterocycles. The number of hydrogen-bond acceptors (Lipinski definition) is 4. The lowest BCUT2D eigenvalue weighted by atomic mass is 9.96. The summed E-state index contributed by atoms with van der Waals surface area (Å²) >= 11 is 1.50. The van der Waals surface area contributed by atoms with E-state index in [-0.39, 0.29) is 11.8 Å². The van der Waals surface area contributed by atoms with E-state index in [2.05, 4.69) is 16.0 Å². The van der Waals surface area contributed by atoms with Crippen molar-refractivity contribution >= 4 is 29.3 Å². The average molecular weight is 319 g/mol. The van der Waals surface area contributed by atoms with Gasteiger partial charge in [0.2, 0.25) is 5.91 Å². The third-order valence-electron chi connectivity index (χ3n) is 4.11. The molecule has 1 fully saturated rings. The molecule has 3 rings (SSSR count). The van der Waals surface area contributed by atoms with Crippen LogP contribution in [-0.2, 0) is 4.79 Å². The molecule has 0 radical (unpaired) electrons. The van der Waals surface area contributed by atoms with E-state index in [1.54, 1.807) is 6.07 Å². The Morgan fingerprint density at radius 1 is 1.41 bits per heavy atom. The van der Waals surface area contributed by atoms with Gasteiger partial charge in [0.1, 0.15) is 0 Å².